The largest absolute Gasteiger partial charge is 0.506 e. The minimum Gasteiger partial charge on any atom is -0.506 e. The van der Waals surface area contributed by atoms with Crippen LogP contribution < -0.4 is 20.2 Å². The fraction of sp³-hybridized carbons (Fsp3) is 0.515. The van der Waals surface area contributed by atoms with Crippen molar-refractivity contribution in [3.05, 3.63) is 57.2 Å². The third kappa shape index (κ3) is 15.5. The molecule has 1 aliphatic carbocycles. The number of nitrogens with zero attached hydrogens (tertiary/aromatic N) is 1. The quantitative estimate of drug-likeness (QED) is 0.0956. The number of carboxylic acids is 2. The zero-order valence-corrected chi connectivity index (χ0v) is 29.1. The molecule has 0 bridgehead atoms. The molecule has 0 spiro atoms. The number of carboxylic acid groups (broad SMARTS) is 2. The summed E-state index contributed by atoms with van der Waals surface area (Å²) in [4.78, 5) is 47.4. The van der Waals surface area contributed by atoms with Crippen LogP contribution in [0.15, 0.2) is 41.2 Å². The smallest absolute Gasteiger partial charge is 0.490 e. The van der Waals surface area contributed by atoms with E-state index in [2.05, 4.69) is 32.7 Å². The van der Waals surface area contributed by atoms with Gasteiger partial charge in [-0.3, -0.25) is 9.59 Å². The van der Waals surface area contributed by atoms with Gasteiger partial charge in [-0.2, -0.15) is 26.3 Å². The van der Waals surface area contributed by atoms with Gasteiger partial charge < -0.3 is 40.6 Å². The van der Waals surface area contributed by atoms with Gasteiger partial charge in [0.25, 0.3) is 0 Å². The average Bonchev–Trinajstić information content (AvgIpc) is 3.49. The Morgan fingerprint density at radius 3 is 2.10 bits per heavy atom. The van der Waals surface area contributed by atoms with E-state index in [1.165, 1.54) is 24.8 Å². The van der Waals surface area contributed by atoms with Crippen LogP contribution in [0.1, 0.15) is 49.7 Å². The molecule has 52 heavy (non-hydrogen) atoms. The van der Waals surface area contributed by atoms with E-state index in [1.54, 1.807) is 13.2 Å². The van der Waals surface area contributed by atoms with Gasteiger partial charge >= 0.3 is 29.2 Å². The molecule has 0 radical (unpaired) electrons. The number of fused-ring (bicyclic) bond motifs is 1. The molecule has 3 aromatic rings. The highest BCUT2D eigenvalue weighted by atomic mass is 32.1. The fourth-order valence-electron chi connectivity index (χ4n) is 5.25. The van der Waals surface area contributed by atoms with Crippen LogP contribution in [-0.2, 0) is 27.2 Å². The van der Waals surface area contributed by atoms with Gasteiger partial charge in [0, 0.05) is 32.1 Å². The van der Waals surface area contributed by atoms with Gasteiger partial charge in [0.15, 0.2) is 0 Å². The Morgan fingerprint density at radius 1 is 0.904 bits per heavy atom. The Kier molecular flexibility index (Phi) is 17.9. The number of amides is 1. The van der Waals surface area contributed by atoms with Crippen LogP contribution in [0.4, 0.5) is 26.3 Å². The number of nitrogens with one attached hydrogen (secondary N) is 3. The number of aromatic amines is 1. The first-order valence-electron chi connectivity index (χ1n) is 16.2. The highest BCUT2D eigenvalue weighted by Gasteiger charge is 2.39. The summed E-state index contributed by atoms with van der Waals surface area (Å²) in [5, 5.41) is 31.2. The fourth-order valence-corrected chi connectivity index (χ4v) is 6.14. The van der Waals surface area contributed by atoms with Crippen molar-refractivity contribution >= 4 is 39.4 Å². The molecule has 1 saturated carbocycles. The minimum absolute atomic E-state index is 0.103. The second-order valence-corrected chi connectivity index (χ2v) is 12.5. The van der Waals surface area contributed by atoms with Crippen molar-refractivity contribution in [1.29, 1.82) is 0 Å². The van der Waals surface area contributed by atoms with E-state index >= 15 is 0 Å². The molecule has 290 valence electrons. The number of aromatic hydroxyl groups is 1. The van der Waals surface area contributed by atoms with Gasteiger partial charge in [0.1, 0.15) is 17.0 Å². The molecule has 0 aliphatic heterocycles. The topological polar surface area (TPSA) is 181 Å². The number of carbonyl (C=O) groups is 3. The molecular weight excluding hydrogens is 726 g/mol. The van der Waals surface area contributed by atoms with Gasteiger partial charge in [-0.1, -0.05) is 48.8 Å². The van der Waals surface area contributed by atoms with Crippen LogP contribution in [0.25, 0.3) is 10.2 Å². The molecule has 1 aromatic heterocycles. The first-order chi connectivity index (χ1) is 24.4. The molecule has 1 aliphatic rings. The lowest BCUT2D eigenvalue weighted by Crippen LogP contribution is -2.45. The van der Waals surface area contributed by atoms with Crippen LogP contribution in [0.3, 0.4) is 0 Å². The molecule has 1 amide bonds. The van der Waals surface area contributed by atoms with Crippen LogP contribution in [0.2, 0.25) is 0 Å². The third-order valence-electron chi connectivity index (χ3n) is 7.80. The summed E-state index contributed by atoms with van der Waals surface area (Å²) in [6.45, 7) is 3.68. The first kappa shape index (κ1) is 43.8. The van der Waals surface area contributed by atoms with Crippen molar-refractivity contribution in [2.75, 3.05) is 39.8 Å². The number of thiazole rings is 1. The number of carbonyl (C=O) groups excluding carboxylic acids is 1. The monoisotopic (exact) mass is 768 g/mol. The van der Waals surface area contributed by atoms with Crippen molar-refractivity contribution in [2.24, 2.45) is 0 Å². The molecule has 4 rings (SSSR count). The number of phenols is 1. The zero-order chi connectivity index (χ0) is 38.9. The molecule has 1 heterocycles. The first-order valence-corrected chi connectivity index (χ1v) is 17.0. The average molecular weight is 769 g/mol. The summed E-state index contributed by atoms with van der Waals surface area (Å²) in [7, 11) is 1.68. The van der Waals surface area contributed by atoms with Crippen LogP contribution in [0.5, 0.6) is 11.5 Å². The molecule has 2 aromatic carbocycles. The normalized spacial score (nSPS) is 13.4. The minimum atomic E-state index is -5.08. The molecule has 19 heteroatoms. The number of methoxy groups -OCH3 is 1. The number of H-pyrrole nitrogens is 1. The maximum atomic E-state index is 13.2. The summed E-state index contributed by atoms with van der Waals surface area (Å²) in [6.07, 6.45) is -2.19. The number of aliphatic carboxylic acids is 2. The van der Waals surface area contributed by atoms with Crippen LogP contribution >= 0.6 is 11.3 Å². The number of hydrogen-bond acceptors (Lipinski definition) is 9. The van der Waals surface area contributed by atoms with Gasteiger partial charge in [-0.25, -0.2) is 9.59 Å². The second-order valence-electron chi connectivity index (χ2n) is 11.5. The highest BCUT2D eigenvalue weighted by Crippen LogP contribution is 2.28. The Labute approximate surface area is 298 Å². The van der Waals surface area contributed by atoms with E-state index < -0.39 is 24.3 Å². The van der Waals surface area contributed by atoms with Gasteiger partial charge in [-0.05, 0) is 68.1 Å². The number of halogens is 6. The Bertz CT molecular complexity index is 1620. The maximum absolute atomic E-state index is 13.2. The maximum Gasteiger partial charge on any atom is 0.490 e. The van der Waals surface area contributed by atoms with E-state index in [4.69, 9.17) is 24.5 Å². The lowest BCUT2D eigenvalue weighted by Gasteiger charge is -2.34. The lowest BCUT2D eigenvalue weighted by atomic mass is 9.94. The van der Waals surface area contributed by atoms with Crippen molar-refractivity contribution in [1.82, 2.24) is 20.5 Å². The van der Waals surface area contributed by atoms with Crippen molar-refractivity contribution < 1.29 is 60.8 Å². The number of phenolic OH excluding ortho intramolecular Hbond substituents is 1. The summed E-state index contributed by atoms with van der Waals surface area (Å²) in [6, 6.07) is 11.9. The van der Waals surface area contributed by atoms with Crippen molar-refractivity contribution in [2.45, 2.75) is 69.8 Å². The van der Waals surface area contributed by atoms with E-state index in [0.29, 0.717) is 31.1 Å². The summed E-state index contributed by atoms with van der Waals surface area (Å²) in [5.74, 6) is -4.32. The van der Waals surface area contributed by atoms with Crippen molar-refractivity contribution in [3.8, 4) is 11.5 Å². The summed E-state index contributed by atoms with van der Waals surface area (Å²) >= 11 is 1.13. The van der Waals surface area contributed by atoms with Crippen LogP contribution in [0, 0.1) is 0 Å². The molecule has 0 unspecified atom stereocenters. The summed E-state index contributed by atoms with van der Waals surface area (Å²) in [5.41, 5.74) is 2.77. The van der Waals surface area contributed by atoms with Gasteiger partial charge in [0.2, 0.25) is 5.91 Å². The number of ether oxygens (including phenoxy) is 1. The molecule has 0 saturated heterocycles. The lowest BCUT2D eigenvalue weighted by molar-refractivity contribution is -0.193. The SMILES string of the molecule is COc1cccc(CCNCCC(=O)N(CCNCCc2ccc(O)c3[nH]c(=O)sc23)C2CCCCC2)c1.O=C(O)C(F)(F)F.O=C(O)C(F)(F)F. The predicted molar refractivity (Wildman–Crippen MR) is 181 cm³/mol. The van der Waals surface area contributed by atoms with Crippen molar-refractivity contribution in [3.63, 3.8) is 0 Å². The van der Waals surface area contributed by atoms with E-state index in [9.17, 15) is 41.0 Å². The Morgan fingerprint density at radius 2 is 1.50 bits per heavy atom. The molecular formula is C33H42F6N4O8S. The van der Waals surface area contributed by atoms with E-state index in [0.717, 1.165) is 72.7 Å². The number of rotatable bonds is 14. The molecule has 6 N–H and O–H groups in total. The number of alkyl halides is 6. The molecule has 12 nitrogen and oxygen atoms in total. The number of aromatic nitrogens is 1. The second kappa shape index (κ2) is 21.2. The zero-order valence-electron chi connectivity index (χ0n) is 28.2. The molecule has 0 atom stereocenters. The van der Waals surface area contributed by atoms with E-state index in [-0.39, 0.29) is 16.5 Å². The summed E-state index contributed by atoms with van der Waals surface area (Å²) < 4.78 is 69.6. The van der Waals surface area contributed by atoms with Gasteiger partial charge in [0.05, 0.1) is 11.8 Å². The Hall–Kier alpha value is -4.36. The number of benzene rings is 2. The standard InChI is InChI=1S/C29H40N4O4S.2C2HF3O2/c1-37-24-9-5-6-21(20-24)12-15-30-17-14-26(35)33(23-7-3-2-4-8-23)19-18-31-16-13-22-10-11-25(34)27-28(22)38-29(36)32-27;2*3-2(4,5)1(6)7/h5-6,9-11,20,23,30-31,34H,2-4,7-8,12-19H2,1H3,(H,32,36);2*(H,6,7). The van der Waals surface area contributed by atoms with E-state index in [1.807, 2.05) is 18.2 Å². The Balaban J connectivity index is 0.000000564. The van der Waals surface area contributed by atoms with Crippen LogP contribution in [-0.4, -0.2) is 101 Å². The number of hydrogen-bond donors (Lipinski definition) is 6. The molecule has 1 fully saturated rings. The predicted octanol–water partition coefficient (Wildman–Crippen LogP) is 5.09. The van der Waals surface area contributed by atoms with Gasteiger partial charge in [-0.15, -0.1) is 0 Å². The highest BCUT2D eigenvalue weighted by molar-refractivity contribution is 7.16. The third-order valence-corrected chi connectivity index (χ3v) is 8.76.